The van der Waals surface area contributed by atoms with Gasteiger partial charge in [-0.3, -0.25) is 9.78 Å². The molecule has 0 spiro atoms. The number of aryl methyl sites for hydroxylation is 1. The van der Waals surface area contributed by atoms with E-state index in [0.29, 0.717) is 12.1 Å². The molecule has 0 bridgehead atoms. The van der Waals surface area contributed by atoms with Crippen LogP contribution >= 0.6 is 0 Å². The molecule has 1 N–H and O–H groups in total. The van der Waals surface area contributed by atoms with Crippen molar-refractivity contribution in [2.75, 3.05) is 0 Å². The van der Waals surface area contributed by atoms with Crippen molar-refractivity contribution < 1.29 is 4.79 Å². The summed E-state index contributed by atoms with van der Waals surface area (Å²) in [6, 6.07) is 22.4. The fourth-order valence-electron chi connectivity index (χ4n) is 4.06. The maximum atomic E-state index is 13.1. The molecule has 3 aromatic heterocycles. The average molecular weight is 421 g/mol. The Labute approximate surface area is 186 Å². The molecule has 0 unspecified atom stereocenters. The Morgan fingerprint density at radius 3 is 2.59 bits per heavy atom. The van der Waals surface area contributed by atoms with Crippen molar-refractivity contribution in [1.82, 2.24) is 19.7 Å². The van der Waals surface area contributed by atoms with Crippen LogP contribution in [0.1, 0.15) is 45.8 Å². The lowest BCUT2D eigenvalue weighted by atomic mass is 10.0. The number of hydrogen-bond donors (Lipinski definition) is 1. The first kappa shape index (κ1) is 19.9. The number of carbonyl (C=O) groups excluding carboxylic acids is 1. The largest absolute Gasteiger partial charge is 0.344 e. The maximum absolute atomic E-state index is 13.1. The second-order valence-corrected chi connectivity index (χ2v) is 8.19. The smallest absolute Gasteiger partial charge is 0.272 e. The first-order chi connectivity index (χ1) is 15.6. The Bertz CT molecular complexity index is 1420. The zero-order valence-electron chi connectivity index (χ0n) is 18.1. The molecule has 2 aromatic carbocycles. The SMILES string of the molecule is Cc1ccc([C@H](C)NC(=O)c2ncn3cccc(Cc4cc5ccccc5cn4)c23)cc1. The van der Waals surface area contributed by atoms with Gasteiger partial charge in [0.25, 0.3) is 5.91 Å². The normalized spacial score (nSPS) is 12.2. The average Bonchev–Trinajstić information content (AvgIpc) is 3.25. The molecule has 1 atom stereocenters. The van der Waals surface area contributed by atoms with Gasteiger partial charge in [-0.25, -0.2) is 4.98 Å². The third-order valence-corrected chi connectivity index (χ3v) is 5.84. The van der Waals surface area contributed by atoms with Crippen LogP contribution in [0.15, 0.2) is 85.5 Å². The van der Waals surface area contributed by atoms with Crippen LogP contribution in [0.25, 0.3) is 16.3 Å². The number of rotatable bonds is 5. The molecule has 32 heavy (non-hydrogen) atoms. The van der Waals surface area contributed by atoms with Gasteiger partial charge in [-0.15, -0.1) is 0 Å². The summed E-state index contributed by atoms with van der Waals surface area (Å²) in [5.41, 5.74) is 5.47. The summed E-state index contributed by atoms with van der Waals surface area (Å²) in [6.45, 7) is 4.04. The van der Waals surface area contributed by atoms with Gasteiger partial charge in [-0.1, -0.05) is 60.2 Å². The molecule has 0 aliphatic carbocycles. The molecule has 0 aliphatic rings. The Morgan fingerprint density at radius 2 is 1.78 bits per heavy atom. The van der Waals surface area contributed by atoms with Crippen molar-refractivity contribution in [2.24, 2.45) is 0 Å². The van der Waals surface area contributed by atoms with Gasteiger partial charge in [0.1, 0.15) is 6.33 Å². The van der Waals surface area contributed by atoms with Crippen molar-refractivity contribution in [3.8, 4) is 0 Å². The Hall–Kier alpha value is -3.99. The molecule has 158 valence electrons. The van der Waals surface area contributed by atoms with E-state index in [2.05, 4.69) is 52.5 Å². The molecule has 5 nitrogen and oxygen atoms in total. The van der Waals surface area contributed by atoms with Gasteiger partial charge in [0.05, 0.1) is 11.6 Å². The van der Waals surface area contributed by atoms with Crippen LogP contribution in [-0.2, 0) is 6.42 Å². The van der Waals surface area contributed by atoms with E-state index in [1.807, 2.05) is 60.1 Å². The second kappa shape index (κ2) is 8.27. The summed E-state index contributed by atoms with van der Waals surface area (Å²) >= 11 is 0. The zero-order valence-corrected chi connectivity index (χ0v) is 18.1. The Kier molecular flexibility index (Phi) is 5.15. The highest BCUT2D eigenvalue weighted by Gasteiger charge is 2.19. The van der Waals surface area contributed by atoms with Crippen LogP contribution in [0.5, 0.6) is 0 Å². The van der Waals surface area contributed by atoms with Crippen molar-refractivity contribution in [1.29, 1.82) is 0 Å². The summed E-state index contributed by atoms with van der Waals surface area (Å²) in [6.07, 6.45) is 6.13. The molecule has 0 saturated heterocycles. The van der Waals surface area contributed by atoms with E-state index in [4.69, 9.17) is 0 Å². The van der Waals surface area contributed by atoms with Gasteiger partial charge in [0.2, 0.25) is 0 Å². The van der Waals surface area contributed by atoms with Crippen LogP contribution in [-0.4, -0.2) is 20.3 Å². The molecule has 5 heteroatoms. The number of hydrogen-bond acceptors (Lipinski definition) is 3. The van der Waals surface area contributed by atoms with Gasteiger partial charge in [-0.2, -0.15) is 0 Å². The lowest BCUT2D eigenvalue weighted by Gasteiger charge is -2.14. The number of imidazole rings is 1. The number of pyridine rings is 2. The zero-order chi connectivity index (χ0) is 22.1. The van der Waals surface area contributed by atoms with Crippen LogP contribution in [0.2, 0.25) is 0 Å². The summed E-state index contributed by atoms with van der Waals surface area (Å²) in [5, 5.41) is 5.37. The standard InChI is InChI=1S/C27H24N4O/c1-18-9-11-20(12-10-18)19(2)30-27(32)25-26-22(8-5-13-31(26)17-29-25)15-24-14-21-6-3-4-7-23(21)16-28-24/h3-14,16-17,19H,15H2,1-2H3,(H,30,32)/t19-/m0/s1. The van der Waals surface area contributed by atoms with E-state index in [-0.39, 0.29) is 11.9 Å². The van der Waals surface area contributed by atoms with E-state index in [1.165, 1.54) is 5.56 Å². The minimum atomic E-state index is -0.181. The van der Waals surface area contributed by atoms with Crippen LogP contribution in [0.3, 0.4) is 0 Å². The molecular weight excluding hydrogens is 396 g/mol. The van der Waals surface area contributed by atoms with E-state index < -0.39 is 0 Å². The van der Waals surface area contributed by atoms with Gasteiger partial charge in [0.15, 0.2) is 5.69 Å². The number of carbonyl (C=O) groups is 1. The number of fused-ring (bicyclic) bond motifs is 2. The molecule has 0 aliphatic heterocycles. The highest BCUT2D eigenvalue weighted by molar-refractivity contribution is 6.00. The lowest BCUT2D eigenvalue weighted by molar-refractivity contribution is 0.0937. The van der Waals surface area contributed by atoms with Gasteiger partial charge >= 0.3 is 0 Å². The minimum absolute atomic E-state index is 0.117. The van der Waals surface area contributed by atoms with E-state index in [9.17, 15) is 4.79 Å². The van der Waals surface area contributed by atoms with Gasteiger partial charge in [0, 0.05) is 29.9 Å². The van der Waals surface area contributed by atoms with Crippen LogP contribution in [0, 0.1) is 6.92 Å². The second-order valence-electron chi connectivity index (χ2n) is 8.19. The van der Waals surface area contributed by atoms with E-state index in [1.54, 1.807) is 6.33 Å². The van der Waals surface area contributed by atoms with Crippen LogP contribution < -0.4 is 5.32 Å². The number of benzene rings is 2. The van der Waals surface area contributed by atoms with Crippen molar-refractivity contribution in [2.45, 2.75) is 26.3 Å². The van der Waals surface area contributed by atoms with Gasteiger partial charge in [-0.05, 0) is 42.5 Å². The molecule has 0 saturated carbocycles. The first-order valence-electron chi connectivity index (χ1n) is 10.7. The highest BCUT2D eigenvalue weighted by atomic mass is 16.2. The highest BCUT2D eigenvalue weighted by Crippen LogP contribution is 2.22. The molecule has 0 radical (unpaired) electrons. The third kappa shape index (κ3) is 3.85. The lowest BCUT2D eigenvalue weighted by Crippen LogP contribution is -2.27. The van der Waals surface area contributed by atoms with Crippen molar-refractivity contribution in [3.63, 3.8) is 0 Å². The monoisotopic (exact) mass is 420 g/mol. The molecule has 1 amide bonds. The Balaban J connectivity index is 1.45. The molecular formula is C27H24N4O. The topological polar surface area (TPSA) is 59.3 Å². The summed E-state index contributed by atoms with van der Waals surface area (Å²) in [7, 11) is 0. The fourth-order valence-corrected chi connectivity index (χ4v) is 4.06. The maximum Gasteiger partial charge on any atom is 0.272 e. The van der Waals surface area contributed by atoms with Gasteiger partial charge < -0.3 is 9.72 Å². The summed E-state index contributed by atoms with van der Waals surface area (Å²) in [5.74, 6) is -0.181. The quantitative estimate of drug-likeness (QED) is 0.421. The molecule has 0 fully saturated rings. The van der Waals surface area contributed by atoms with Crippen LogP contribution in [0.4, 0.5) is 0 Å². The number of nitrogens with one attached hydrogen (secondary N) is 1. The minimum Gasteiger partial charge on any atom is -0.344 e. The number of nitrogens with zero attached hydrogens (tertiary/aromatic N) is 3. The summed E-state index contributed by atoms with van der Waals surface area (Å²) < 4.78 is 1.90. The Morgan fingerprint density at radius 1 is 1.00 bits per heavy atom. The third-order valence-electron chi connectivity index (χ3n) is 5.84. The predicted octanol–water partition coefficient (Wildman–Crippen LogP) is 5.27. The first-order valence-corrected chi connectivity index (χ1v) is 10.7. The summed E-state index contributed by atoms with van der Waals surface area (Å²) in [4.78, 5) is 22.2. The molecule has 5 aromatic rings. The predicted molar refractivity (Wildman–Crippen MR) is 127 cm³/mol. The van der Waals surface area contributed by atoms with Crippen molar-refractivity contribution >= 4 is 22.2 Å². The molecule has 5 rings (SSSR count). The molecule has 3 heterocycles. The number of aromatic nitrogens is 3. The fraction of sp³-hybridized carbons (Fsp3) is 0.148. The number of amides is 1. The van der Waals surface area contributed by atoms with E-state index >= 15 is 0 Å². The van der Waals surface area contributed by atoms with E-state index in [0.717, 1.165) is 33.1 Å². The van der Waals surface area contributed by atoms with Crippen molar-refractivity contribution in [3.05, 3.63) is 114 Å².